The molecular weight excluding hydrogens is 364 g/mol. The Morgan fingerprint density at radius 3 is 2.80 bits per heavy atom. The minimum Gasteiger partial charge on any atom is -0.481 e. The second kappa shape index (κ2) is 9.02. The first-order chi connectivity index (χ1) is 11.9. The first-order valence-electron chi connectivity index (χ1n) is 7.57. The van der Waals surface area contributed by atoms with E-state index in [0.29, 0.717) is 17.4 Å². The number of nitrogens with zero attached hydrogens (tertiary/aromatic N) is 2. The van der Waals surface area contributed by atoms with Gasteiger partial charge in [-0.05, 0) is 24.6 Å². The maximum Gasteiger partial charge on any atom is 0.322 e. The average molecular weight is 384 g/mol. The van der Waals surface area contributed by atoms with E-state index in [-0.39, 0.29) is 6.42 Å². The molecule has 7 nitrogen and oxygen atoms in total. The Kier molecular flexibility index (Phi) is 7.03. The zero-order chi connectivity index (χ0) is 18.4. The summed E-state index contributed by atoms with van der Waals surface area (Å²) in [6.07, 6.45) is 0.0169. The van der Waals surface area contributed by atoms with Crippen LogP contribution in [0.1, 0.15) is 12.8 Å². The second-order valence-electron chi connectivity index (χ2n) is 5.59. The molecule has 0 bridgehead atoms. The molecule has 1 atom stereocenters. The molecule has 136 valence electrons. The molecule has 2 rings (SSSR count). The van der Waals surface area contributed by atoms with E-state index in [4.69, 9.17) is 14.0 Å². The third kappa shape index (κ3) is 5.58. The van der Waals surface area contributed by atoms with Crippen LogP contribution < -0.4 is 4.90 Å². The smallest absolute Gasteiger partial charge is 0.322 e. The molecule has 1 aromatic heterocycles. The van der Waals surface area contributed by atoms with Crippen molar-refractivity contribution in [2.75, 3.05) is 32.7 Å². The highest BCUT2D eigenvalue weighted by atomic mass is 32.2. The van der Waals surface area contributed by atoms with Crippen molar-refractivity contribution < 1.29 is 23.6 Å². The largest absolute Gasteiger partial charge is 0.481 e. The first-order valence-corrected chi connectivity index (χ1v) is 9.13. The fourth-order valence-corrected chi connectivity index (χ4v) is 3.74. The highest BCUT2D eigenvalue weighted by molar-refractivity contribution is 7.97. The lowest BCUT2D eigenvalue weighted by molar-refractivity contribution is -0.146. The summed E-state index contributed by atoms with van der Waals surface area (Å²) in [4.78, 5) is 29.4. The van der Waals surface area contributed by atoms with Crippen molar-refractivity contribution in [2.24, 2.45) is 5.92 Å². The Morgan fingerprint density at radius 2 is 2.16 bits per heavy atom. The number of carbonyl (C=O) groups is 2. The van der Waals surface area contributed by atoms with Gasteiger partial charge in [-0.15, -0.1) is 11.3 Å². The molecular formula is C16H20N2O5S2. The van der Waals surface area contributed by atoms with Gasteiger partial charge in [0.15, 0.2) is 4.34 Å². The van der Waals surface area contributed by atoms with E-state index in [1.165, 1.54) is 18.4 Å². The lowest BCUT2D eigenvalue weighted by Gasteiger charge is -2.11. The molecule has 1 heterocycles. The van der Waals surface area contributed by atoms with Crippen LogP contribution in [-0.4, -0.2) is 49.8 Å². The van der Waals surface area contributed by atoms with Gasteiger partial charge in [0.1, 0.15) is 12.0 Å². The first kappa shape index (κ1) is 19.5. The van der Waals surface area contributed by atoms with Crippen molar-refractivity contribution in [3.63, 3.8) is 0 Å². The number of carboxylic acid groups (broad SMARTS) is 1. The molecule has 1 aromatic carbocycles. The van der Waals surface area contributed by atoms with Gasteiger partial charge in [-0.25, -0.2) is 4.98 Å². The van der Waals surface area contributed by atoms with Crippen LogP contribution in [0.15, 0.2) is 22.5 Å². The van der Waals surface area contributed by atoms with Crippen LogP contribution in [0.4, 0.5) is 5.69 Å². The number of aromatic nitrogens is 1. The van der Waals surface area contributed by atoms with E-state index < -0.39 is 17.9 Å². The summed E-state index contributed by atoms with van der Waals surface area (Å²) in [5.41, 5.74) is 1.86. The van der Waals surface area contributed by atoms with Crippen LogP contribution in [0.5, 0.6) is 0 Å². The van der Waals surface area contributed by atoms with Gasteiger partial charge < -0.3 is 18.9 Å². The predicted molar refractivity (Wildman–Crippen MR) is 98.1 cm³/mol. The topological polar surface area (TPSA) is 89.0 Å². The van der Waals surface area contributed by atoms with E-state index in [1.807, 2.05) is 37.2 Å². The fourth-order valence-electron chi connectivity index (χ4n) is 2.13. The van der Waals surface area contributed by atoms with Crippen LogP contribution in [0.3, 0.4) is 0 Å². The molecule has 9 heteroatoms. The van der Waals surface area contributed by atoms with Crippen LogP contribution in [0, 0.1) is 5.92 Å². The second-order valence-corrected chi connectivity index (χ2v) is 7.60. The minimum atomic E-state index is -1.04. The van der Waals surface area contributed by atoms with Gasteiger partial charge in [-0.1, -0.05) is 0 Å². The lowest BCUT2D eigenvalue weighted by Crippen LogP contribution is -2.20. The van der Waals surface area contributed by atoms with Crippen molar-refractivity contribution in [3.05, 3.63) is 18.2 Å². The van der Waals surface area contributed by atoms with Crippen molar-refractivity contribution in [3.8, 4) is 0 Å². The van der Waals surface area contributed by atoms with Crippen LogP contribution in [0.25, 0.3) is 10.2 Å². The summed E-state index contributed by atoms with van der Waals surface area (Å²) in [6.45, 7) is 0.298. The molecule has 1 N–H and O–H groups in total. The monoisotopic (exact) mass is 384 g/mol. The molecule has 0 fully saturated rings. The third-order valence-corrected chi connectivity index (χ3v) is 5.25. The van der Waals surface area contributed by atoms with Gasteiger partial charge in [0, 0.05) is 33.5 Å². The highest BCUT2D eigenvalue weighted by Crippen LogP contribution is 2.32. The van der Waals surface area contributed by atoms with Gasteiger partial charge in [0.2, 0.25) is 0 Å². The van der Waals surface area contributed by atoms with Crippen LogP contribution >= 0.6 is 23.4 Å². The molecule has 0 spiro atoms. The summed E-state index contributed by atoms with van der Waals surface area (Å²) in [7, 11) is 5.40. The molecule has 0 aliphatic rings. The van der Waals surface area contributed by atoms with Gasteiger partial charge >= 0.3 is 11.9 Å². The van der Waals surface area contributed by atoms with Crippen molar-refractivity contribution in [1.82, 2.24) is 4.98 Å². The molecule has 0 aliphatic heterocycles. The fraction of sp³-hybridized carbons (Fsp3) is 0.438. The lowest BCUT2D eigenvalue weighted by atomic mass is 10.0. The quantitative estimate of drug-likeness (QED) is 0.660. The number of hydrogen-bond acceptors (Lipinski definition) is 8. The van der Waals surface area contributed by atoms with Gasteiger partial charge in [-0.3, -0.25) is 9.59 Å². The number of anilines is 1. The summed E-state index contributed by atoms with van der Waals surface area (Å²) in [5, 5.41) is 8.91. The van der Waals surface area contributed by atoms with Gasteiger partial charge in [0.05, 0.1) is 22.6 Å². The number of hydrogen-bond donors (Lipinski definition) is 1. The summed E-state index contributed by atoms with van der Waals surface area (Å²) in [5.74, 6) is -2.35. The SMILES string of the molecule is COCCC(CC(=O)O)C(=O)OSc1nc2cc(N(C)C)ccc2s1. The number of ether oxygens (including phenoxy) is 1. The Hall–Kier alpha value is -1.84. The number of thiazole rings is 1. The van der Waals surface area contributed by atoms with E-state index in [2.05, 4.69) is 4.98 Å². The van der Waals surface area contributed by atoms with Crippen LogP contribution in [-0.2, 0) is 18.5 Å². The van der Waals surface area contributed by atoms with Crippen molar-refractivity contribution in [1.29, 1.82) is 0 Å². The van der Waals surface area contributed by atoms with E-state index in [9.17, 15) is 9.59 Å². The third-order valence-electron chi connectivity index (χ3n) is 3.49. The number of rotatable bonds is 9. The number of fused-ring (bicyclic) bond motifs is 1. The maximum atomic E-state index is 12.1. The molecule has 0 amide bonds. The zero-order valence-corrected chi connectivity index (χ0v) is 15.9. The Balaban J connectivity index is 2.02. The molecule has 0 saturated carbocycles. The number of carbonyl (C=O) groups excluding carboxylic acids is 1. The number of aliphatic carboxylic acids is 1. The Bertz CT molecular complexity index is 747. The average Bonchev–Trinajstić information content (AvgIpc) is 2.97. The summed E-state index contributed by atoms with van der Waals surface area (Å²) < 4.78 is 11.7. The molecule has 25 heavy (non-hydrogen) atoms. The standard InChI is InChI=1S/C16H20N2O5S2/c1-18(2)11-4-5-13-12(9-11)17-16(24-13)25-23-15(21)10(6-7-22-3)8-14(19)20/h4-5,9-10H,6-8H2,1-3H3,(H,19,20). The molecule has 0 radical (unpaired) electrons. The maximum absolute atomic E-state index is 12.1. The molecule has 2 aromatic rings. The minimum absolute atomic E-state index is 0.283. The van der Waals surface area contributed by atoms with Crippen molar-refractivity contribution in [2.45, 2.75) is 17.2 Å². The molecule has 0 aliphatic carbocycles. The normalized spacial score (nSPS) is 12.1. The van der Waals surface area contributed by atoms with E-state index >= 15 is 0 Å². The van der Waals surface area contributed by atoms with Gasteiger partial charge in [-0.2, -0.15) is 0 Å². The molecule has 1 unspecified atom stereocenters. The number of carboxylic acids is 1. The van der Waals surface area contributed by atoms with E-state index in [0.717, 1.165) is 27.9 Å². The number of benzene rings is 1. The summed E-state index contributed by atoms with van der Waals surface area (Å²) in [6, 6.07) is 5.93. The highest BCUT2D eigenvalue weighted by Gasteiger charge is 2.24. The zero-order valence-electron chi connectivity index (χ0n) is 14.2. The van der Waals surface area contributed by atoms with Crippen LogP contribution in [0.2, 0.25) is 0 Å². The van der Waals surface area contributed by atoms with Gasteiger partial charge in [0.25, 0.3) is 0 Å². The predicted octanol–water partition coefficient (Wildman–Crippen LogP) is 3.04. The van der Waals surface area contributed by atoms with Crippen molar-refractivity contribution >= 4 is 51.2 Å². The Labute approximate surface area is 154 Å². The van der Waals surface area contributed by atoms with E-state index in [1.54, 1.807) is 0 Å². The number of methoxy groups -OCH3 is 1. The summed E-state index contributed by atoms with van der Waals surface area (Å²) >= 11 is 2.29. The molecule has 0 saturated heterocycles. The Morgan fingerprint density at radius 1 is 1.40 bits per heavy atom.